The fourth-order valence-corrected chi connectivity index (χ4v) is 2.62. The molecule has 2 atom stereocenters. The first-order chi connectivity index (χ1) is 9.93. The summed E-state index contributed by atoms with van der Waals surface area (Å²) >= 11 is 6.16. The van der Waals surface area contributed by atoms with Crippen LogP contribution in [-0.4, -0.2) is 41.3 Å². The van der Waals surface area contributed by atoms with Crippen LogP contribution in [0, 0.1) is 16.0 Å². The third-order valence-corrected chi connectivity index (χ3v) is 4.36. The number of carbonyl (C=O) groups excluding carboxylic acids is 1. The molecule has 0 saturated carbocycles. The van der Waals surface area contributed by atoms with Crippen LogP contribution >= 0.6 is 11.6 Å². The molecule has 1 heterocycles. The molecule has 1 aliphatic rings. The Hall–Kier alpha value is -1.82. The summed E-state index contributed by atoms with van der Waals surface area (Å²) in [7, 11) is 1.39. The van der Waals surface area contributed by atoms with Crippen molar-refractivity contribution in [1.82, 2.24) is 4.90 Å². The molecule has 0 aromatic heterocycles. The predicted octanol–water partition coefficient (Wildman–Crippen LogP) is 2.69. The van der Waals surface area contributed by atoms with Crippen LogP contribution in [-0.2, 0) is 0 Å². The highest BCUT2D eigenvalue weighted by Crippen LogP contribution is 2.28. The average molecular weight is 313 g/mol. The van der Waals surface area contributed by atoms with E-state index >= 15 is 0 Å². The summed E-state index contributed by atoms with van der Waals surface area (Å²) < 4.78 is 5.12. The largest absolute Gasteiger partial charge is 0.496 e. The number of nitrogens with zero attached hydrogens (tertiary/aromatic N) is 2. The number of carbonyl (C=O) groups is 1. The van der Waals surface area contributed by atoms with Crippen molar-refractivity contribution in [2.75, 3.05) is 20.2 Å². The first kappa shape index (κ1) is 15.6. The second-order valence-corrected chi connectivity index (χ2v) is 5.74. The van der Waals surface area contributed by atoms with Gasteiger partial charge in [-0.3, -0.25) is 14.9 Å². The van der Waals surface area contributed by atoms with Crippen LogP contribution < -0.4 is 4.74 Å². The summed E-state index contributed by atoms with van der Waals surface area (Å²) in [4.78, 5) is 24.5. The summed E-state index contributed by atoms with van der Waals surface area (Å²) in [6.07, 6.45) is 0.740. The first-order valence-electron chi connectivity index (χ1n) is 6.69. The van der Waals surface area contributed by atoms with Crippen LogP contribution in [0.25, 0.3) is 0 Å². The van der Waals surface area contributed by atoms with Crippen LogP contribution in [0.2, 0.25) is 0 Å². The summed E-state index contributed by atoms with van der Waals surface area (Å²) in [5.74, 6) is 0.250. The molecule has 21 heavy (non-hydrogen) atoms. The Morgan fingerprint density at radius 1 is 1.52 bits per heavy atom. The number of alkyl halides is 1. The minimum Gasteiger partial charge on any atom is -0.496 e. The second kappa shape index (κ2) is 6.30. The minimum atomic E-state index is -0.516. The van der Waals surface area contributed by atoms with Gasteiger partial charge in [-0.05, 0) is 18.4 Å². The van der Waals surface area contributed by atoms with Crippen molar-refractivity contribution in [2.24, 2.45) is 5.92 Å². The van der Waals surface area contributed by atoms with Crippen molar-refractivity contribution < 1.29 is 14.5 Å². The van der Waals surface area contributed by atoms with E-state index in [4.69, 9.17) is 16.3 Å². The maximum atomic E-state index is 12.5. The quantitative estimate of drug-likeness (QED) is 0.488. The normalized spacial score (nSPS) is 22.0. The van der Waals surface area contributed by atoms with E-state index in [9.17, 15) is 14.9 Å². The molecule has 0 spiro atoms. The van der Waals surface area contributed by atoms with Crippen LogP contribution in [0.15, 0.2) is 18.2 Å². The molecule has 0 radical (unpaired) electrons. The van der Waals surface area contributed by atoms with Crippen LogP contribution in [0.4, 0.5) is 5.69 Å². The SMILES string of the molecule is COc1cc([N+](=O)[O-])ccc1C(=O)N1CCC(Cl)C(C)C1. The number of nitro groups is 1. The zero-order chi connectivity index (χ0) is 15.6. The summed E-state index contributed by atoms with van der Waals surface area (Å²) in [5, 5.41) is 10.8. The average Bonchev–Trinajstić information content (AvgIpc) is 2.48. The van der Waals surface area contributed by atoms with E-state index in [0.29, 0.717) is 18.7 Å². The highest BCUT2D eigenvalue weighted by Gasteiger charge is 2.29. The lowest BCUT2D eigenvalue weighted by molar-refractivity contribution is -0.384. The Kier molecular flexibility index (Phi) is 4.67. The Balaban J connectivity index is 2.25. The topological polar surface area (TPSA) is 72.7 Å². The highest BCUT2D eigenvalue weighted by atomic mass is 35.5. The van der Waals surface area contributed by atoms with E-state index in [2.05, 4.69) is 0 Å². The highest BCUT2D eigenvalue weighted by molar-refractivity contribution is 6.20. The summed E-state index contributed by atoms with van der Waals surface area (Å²) in [5.41, 5.74) is 0.236. The van der Waals surface area contributed by atoms with E-state index in [1.54, 1.807) is 4.90 Å². The van der Waals surface area contributed by atoms with Gasteiger partial charge in [0.15, 0.2) is 0 Å². The Morgan fingerprint density at radius 2 is 2.24 bits per heavy atom. The van der Waals surface area contributed by atoms with Crippen LogP contribution in [0.3, 0.4) is 0 Å². The third kappa shape index (κ3) is 3.26. The van der Waals surface area contributed by atoms with Crippen molar-refractivity contribution in [2.45, 2.75) is 18.7 Å². The zero-order valence-corrected chi connectivity index (χ0v) is 12.7. The monoisotopic (exact) mass is 312 g/mol. The predicted molar refractivity (Wildman–Crippen MR) is 79.0 cm³/mol. The van der Waals surface area contributed by atoms with Gasteiger partial charge in [-0.2, -0.15) is 0 Å². The first-order valence-corrected chi connectivity index (χ1v) is 7.13. The molecule has 114 valence electrons. The molecule has 1 aromatic carbocycles. The number of amides is 1. The lowest BCUT2D eigenvalue weighted by atomic mass is 9.98. The Labute approximate surface area is 127 Å². The number of likely N-dealkylation sites (tertiary alicyclic amines) is 1. The van der Waals surface area contributed by atoms with Gasteiger partial charge in [0, 0.05) is 24.5 Å². The smallest absolute Gasteiger partial charge is 0.273 e. The maximum Gasteiger partial charge on any atom is 0.273 e. The molecule has 1 aromatic rings. The molecule has 1 amide bonds. The molecular formula is C14H17ClN2O4. The molecular weight excluding hydrogens is 296 g/mol. The minimum absolute atomic E-state index is 0.0767. The lowest BCUT2D eigenvalue weighted by Gasteiger charge is -2.34. The van der Waals surface area contributed by atoms with E-state index in [0.717, 1.165) is 6.42 Å². The van der Waals surface area contributed by atoms with E-state index < -0.39 is 4.92 Å². The van der Waals surface area contributed by atoms with Gasteiger partial charge in [-0.15, -0.1) is 11.6 Å². The lowest BCUT2D eigenvalue weighted by Crippen LogP contribution is -2.43. The number of nitro benzene ring substituents is 1. The molecule has 0 N–H and O–H groups in total. The number of methoxy groups -OCH3 is 1. The molecule has 0 aliphatic carbocycles. The number of hydrogen-bond acceptors (Lipinski definition) is 4. The van der Waals surface area contributed by atoms with Crippen molar-refractivity contribution >= 4 is 23.2 Å². The number of ether oxygens (including phenoxy) is 1. The van der Waals surface area contributed by atoms with Gasteiger partial charge >= 0.3 is 0 Å². The van der Waals surface area contributed by atoms with Gasteiger partial charge in [0.05, 0.1) is 23.7 Å². The number of piperidine rings is 1. The number of rotatable bonds is 3. The standard InChI is InChI=1S/C14H17ClN2O4/c1-9-8-16(6-5-12(9)15)14(18)11-4-3-10(17(19)20)7-13(11)21-2/h3-4,7,9,12H,5-6,8H2,1-2H3. The molecule has 1 fully saturated rings. The van der Waals surface area contributed by atoms with Crippen molar-refractivity contribution in [1.29, 1.82) is 0 Å². The molecule has 6 nitrogen and oxygen atoms in total. The second-order valence-electron chi connectivity index (χ2n) is 5.17. The molecule has 1 saturated heterocycles. The van der Waals surface area contributed by atoms with Gasteiger partial charge in [-0.25, -0.2) is 0 Å². The van der Waals surface area contributed by atoms with Gasteiger partial charge in [0.1, 0.15) is 5.75 Å². The molecule has 2 unspecified atom stereocenters. The summed E-state index contributed by atoms with van der Waals surface area (Å²) in [6.45, 7) is 3.16. The van der Waals surface area contributed by atoms with Crippen molar-refractivity contribution in [3.8, 4) is 5.75 Å². The maximum absolute atomic E-state index is 12.5. The van der Waals surface area contributed by atoms with Crippen LogP contribution in [0.5, 0.6) is 5.75 Å². The van der Waals surface area contributed by atoms with Crippen molar-refractivity contribution in [3.05, 3.63) is 33.9 Å². The van der Waals surface area contributed by atoms with Gasteiger partial charge in [-0.1, -0.05) is 6.92 Å². The van der Waals surface area contributed by atoms with E-state index in [-0.39, 0.29) is 28.6 Å². The van der Waals surface area contributed by atoms with Crippen molar-refractivity contribution in [3.63, 3.8) is 0 Å². The third-order valence-electron chi connectivity index (χ3n) is 3.71. The van der Waals surface area contributed by atoms with E-state index in [1.807, 2.05) is 6.92 Å². The fraction of sp³-hybridized carbons (Fsp3) is 0.500. The van der Waals surface area contributed by atoms with E-state index in [1.165, 1.54) is 25.3 Å². The zero-order valence-electron chi connectivity index (χ0n) is 11.9. The fourth-order valence-electron chi connectivity index (χ4n) is 2.44. The van der Waals surface area contributed by atoms with Gasteiger partial charge in [0.25, 0.3) is 11.6 Å². The van der Waals surface area contributed by atoms with Gasteiger partial charge < -0.3 is 9.64 Å². The molecule has 2 rings (SSSR count). The van der Waals surface area contributed by atoms with Crippen LogP contribution in [0.1, 0.15) is 23.7 Å². The number of hydrogen-bond donors (Lipinski definition) is 0. The van der Waals surface area contributed by atoms with Gasteiger partial charge in [0.2, 0.25) is 0 Å². The molecule has 0 bridgehead atoms. The Bertz CT molecular complexity index is 564. The molecule has 1 aliphatic heterocycles. The summed E-state index contributed by atoms with van der Waals surface area (Å²) in [6, 6.07) is 4.02. The number of non-ortho nitro benzene ring substituents is 1. The Morgan fingerprint density at radius 3 is 2.81 bits per heavy atom. The number of halogens is 1. The molecule has 7 heteroatoms. The number of benzene rings is 1.